The summed E-state index contributed by atoms with van der Waals surface area (Å²) in [5.74, 6) is 0.0737. The second kappa shape index (κ2) is 8.25. The molecule has 0 radical (unpaired) electrons. The number of carbonyl (C=O) groups excluding carboxylic acids is 2. The fraction of sp³-hybridized carbons (Fsp3) is 0.333. The van der Waals surface area contributed by atoms with Gasteiger partial charge in [0.25, 0.3) is 5.91 Å². The molecule has 1 aromatic heterocycles. The Morgan fingerprint density at radius 1 is 1.19 bits per heavy atom. The van der Waals surface area contributed by atoms with Gasteiger partial charge in [0.15, 0.2) is 0 Å². The zero-order valence-corrected chi connectivity index (χ0v) is 15.0. The van der Waals surface area contributed by atoms with Gasteiger partial charge in [0, 0.05) is 36.9 Å². The Labute approximate surface area is 156 Å². The predicted octanol–water partition coefficient (Wildman–Crippen LogP) is 1.47. The molecule has 3 N–H and O–H groups in total. The van der Waals surface area contributed by atoms with E-state index in [2.05, 4.69) is 10.2 Å². The van der Waals surface area contributed by atoms with Gasteiger partial charge in [0.2, 0.25) is 5.91 Å². The molecule has 1 aliphatic rings. The highest BCUT2D eigenvalue weighted by atomic mass is 35.5. The lowest BCUT2D eigenvalue weighted by Crippen LogP contribution is -2.51. The largest absolute Gasteiger partial charge is 0.467 e. The van der Waals surface area contributed by atoms with Crippen molar-refractivity contribution >= 4 is 29.1 Å². The number of hydrogen-bond donors (Lipinski definition) is 2. The number of nitrogens with zero attached hydrogens (tertiary/aromatic N) is 2. The lowest BCUT2D eigenvalue weighted by Gasteiger charge is -2.36. The van der Waals surface area contributed by atoms with Gasteiger partial charge in [-0.25, -0.2) is 0 Å². The Morgan fingerprint density at radius 2 is 1.96 bits per heavy atom. The zero-order valence-electron chi connectivity index (χ0n) is 14.3. The average Bonchev–Trinajstić information content (AvgIpc) is 3.15. The summed E-state index contributed by atoms with van der Waals surface area (Å²) in [7, 11) is 0. The van der Waals surface area contributed by atoms with Crippen molar-refractivity contribution in [3.8, 4) is 0 Å². The molecule has 0 atom stereocenters. The van der Waals surface area contributed by atoms with Crippen LogP contribution in [0.5, 0.6) is 0 Å². The van der Waals surface area contributed by atoms with E-state index < -0.39 is 0 Å². The first kappa shape index (κ1) is 18.3. The van der Waals surface area contributed by atoms with Crippen molar-refractivity contribution in [2.45, 2.75) is 6.54 Å². The van der Waals surface area contributed by atoms with Gasteiger partial charge in [-0.05, 0) is 24.3 Å². The van der Waals surface area contributed by atoms with Gasteiger partial charge in [-0.15, -0.1) is 0 Å². The molecule has 2 heterocycles. The van der Waals surface area contributed by atoms with Gasteiger partial charge in [-0.1, -0.05) is 17.7 Å². The molecule has 0 bridgehead atoms. The number of carbonyl (C=O) groups is 2. The Hall–Kier alpha value is -2.51. The Kier molecular flexibility index (Phi) is 5.80. The van der Waals surface area contributed by atoms with E-state index in [1.54, 1.807) is 11.0 Å². The number of anilines is 1. The number of nitrogens with one attached hydrogen (secondary N) is 1. The van der Waals surface area contributed by atoms with E-state index in [0.717, 1.165) is 18.8 Å². The third kappa shape index (κ3) is 4.36. The molecule has 2 aromatic rings. The lowest BCUT2D eigenvalue weighted by atomic mass is 10.2. The molecule has 1 aromatic carbocycles. The van der Waals surface area contributed by atoms with Crippen LogP contribution in [-0.4, -0.2) is 49.4 Å². The van der Waals surface area contributed by atoms with Crippen LogP contribution in [-0.2, 0) is 11.3 Å². The normalized spacial score (nSPS) is 14.4. The quantitative estimate of drug-likeness (QED) is 0.824. The van der Waals surface area contributed by atoms with E-state index in [4.69, 9.17) is 21.8 Å². The minimum Gasteiger partial charge on any atom is -0.467 e. The van der Waals surface area contributed by atoms with E-state index in [1.165, 1.54) is 6.26 Å². The van der Waals surface area contributed by atoms with E-state index in [1.807, 2.05) is 24.3 Å². The van der Waals surface area contributed by atoms with Crippen LogP contribution in [0, 0.1) is 0 Å². The minimum atomic E-state index is -0.348. The van der Waals surface area contributed by atoms with Crippen molar-refractivity contribution in [2.75, 3.05) is 37.6 Å². The molecule has 7 nitrogen and oxygen atoms in total. The maximum absolute atomic E-state index is 12.3. The van der Waals surface area contributed by atoms with Gasteiger partial charge < -0.3 is 25.3 Å². The monoisotopic (exact) mass is 376 g/mol. The summed E-state index contributed by atoms with van der Waals surface area (Å²) in [5.41, 5.74) is 6.86. The van der Waals surface area contributed by atoms with Crippen molar-refractivity contribution in [2.24, 2.45) is 5.73 Å². The van der Waals surface area contributed by atoms with Gasteiger partial charge >= 0.3 is 0 Å². The molecule has 1 aliphatic heterocycles. The van der Waals surface area contributed by atoms with E-state index in [-0.39, 0.29) is 24.9 Å². The highest BCUT2D eigenvalue weighted by Crippen LogP contribution is 2.20. The number of furan rings is 1. The van der Waals surface area contributed by atoms with E-state index >= 15 is 0 Å². The Morgan fingerprint density at radius 3 is 2.62 bits per heavy atom. The summed E-state index contributed by atoms with van der Waals surface area (Å²) in [4.78, 5) is 28.3. The van der Waals surface area contributed by atoms with E-state index in [9.17, 15) is 9.59 Å². The summed E-state index contributed by atoms with van der Waals surface area (Å²) in [6.07, 6.45) is 1.34. The first-order valence-corrected chi connectivity index (χ1v) is 8.78. The van der Waals surface area contributed by atoms with Crippen LogP contribution in [0.1, 0.15) is 16.1 Å². The van der Waals surface area contributed by atoms with Crippen LogP contribution in [0.3, 0.4) is 0 Å². The molecular formula is C18H21ClN4O3. The van der Waals surface area contributed by atoms with Crippen molar-refractivity contribution < 1.29 is 14.0 Å². The summed E-state index contributed by atoms with van der Waals surface area (Å²) >= 11 is 6.03. The summed E-state index contributed by atoms with van der Waals surface area (Å²) < 4.78 is 5.12. The number of rotatable bonds is 5. The first-order chi connectivity index (χ1) is 12.6. The molecule has 1 fully saturated rings. The van der Waals surface area contributed by atoms with Crippen LogP contribution in [0.2, 0.25) is 5.02 Å². The maximum atomic E-state index is 12.3. The fourth-order valence-corrected chi connectivity index (χ4v) is 3.05. The Bertz CT molecular complexity index is 784. The number of nitrogens with two attached hydrogens (primary N) is 1. The average molecular weight is 377 g/mol. The summed E-state index contributed by atoms with van der Waals surface area (Å²) in [5, 5.41) is 3.32. The first-order valence-electron chi connectivity index (χ1n) is 8.41. The topological polar surface area (TPSA) is 91.8 Å². The number of halogens is 1. The second-order valence-electron chi connectivity index (χ2n) is 6.04. The van der Waals surface area contributed by atoms with Crippen LogP contribution >= 0.6 is 11.6 Å². The lowest BCUT2D eigenvalue weighted by molar-refractivity contribution is -0.130. The second-order valence-corrected chi connectivity index (χ2v) is 6.47. The molecule has 1 saturated heterocycles. The molecule has 138 valence electrons. The zero-order chi connectivity index (χ0) is 18.5. The maximum Gasteiger partial charge on any atom is 0.254 e. The number of piperazine rings is 1. The SMILES string of the molecule is NCc1cc(C(=O)NCC(=O)N2CCN(c3cccc(Cl)c3)CC2)co1. The molecule has 0 spiro atoms. The molecule has 0 unspecified atom stereocenters. The predicted molar refractivity (Wildman–Crippen MR) is 99.2 cm³/mol. The van der Waals surface area contributed by atoms with Crippen LogP contribution < -0.4 is 16.0 Å². The number of benzene rings is 1. The molecular weight excluding hydrogens is 356 g/mol. The van der Waals surface area contributed by atoms with Gasteiger partial charge in [0.1, 0.15) is 12.0 Å². The molecule has 8 heteroatoms. The van der Waals surface area contributed by atoms with Crippen molar-refractivity contribution in [1.29, 1.82) is 0 Å². The van der Waals surface area contributed by atoms with Crippen molar-refractivity contribution in [3.63, 3.8) is 0 Å². The van der Waals surface area contributed by atoms with Gasteiger partial charge in [-0.2, -0.15) is 0 Å². The van der Waals surface area contributed by atoms with Gasteiger partial charge in [0.05, 0.1) is 18.7 Å². The van der Waals surface area contributed by atoms with Crippen molar-refractivity contribution in [3.05, 3.63) is 52.9 Å². The molecule has 3 rings (SSSR count). The fourth-order valence-electron chi connectivity index (χ4n) is 2.86. The molecule has 26 heavy (non-hydrogen) atoms. The summed E-state index contributed by atoms with van der Waals surface area (Å²) in [6, 6.07) is 9.24. The Balaban J connectivity index is 1.47. The third-order valence-corrected chi connectivity index (χ3v) is 4.56. The highest BCUT2D eigenvalue weighted by Gasteiger charge is 2.22. The standard InChI is InChI=1S/C18H21ClN4O3/c19-14-2-1-3-15(9-14)22-4-6-23(7-5-22)17(24)11-21-18(25)13-8-16(10-20)26-12-13/h1-3,8-9,12H,4-7,10-11,20H2,(H,21,25). The highest BCUT2D eigenvalue weighted by molar-refractivity contribution is 6.30. The van der Waals surface area contributed by atoms with E-state index in [0.29, 0.717) is 29.4 Å². The molecule has 2 amide bonds. The van der Waals surface area contributed by atoms with Gasteiger partial charge in [-0.3, -0.25) is 9.59 Å². The van der Waals surface area contributed by atoms with Crippen LogP contribution in [0.15, 0.2) is 41.0 Å². The number of amides is 2. The number of hydrogen-bond acceptors (Lipinski definition) is 5. The third-order valence-electron chi connectivity index (χ3n) is 4.32. The van der Waals surface area contributed by atoms with Crippen LogP contribution in [0.25, 0.3) is 0 Å². The van der Waals surface area contributed by atoms with Crippen LogP contribution in [0.4, 0.5) is 5.69 Å². The summed E-state index contributed by atoms with van der Waals surface area (Å²) in [6.45, 7) is 2.83. The molecule has 0 saturated carbocycles. The smallest absolute Gasteiger partial charge is 0.254 e. The minimum absolute atomic E-state index is 0.0425. The van der Waals surface area contributed by atoms with Crippen molar-refractivity contribution in [1.82, 2.24) is 10.2 Å². The molecule has 0 aliphatic carbocycles.